The molecule has 2 N–H and O–H groups in total. The third kappa shape index (κ3) is 4.39. The van der Waals surface area contributed by atoms with Crippen LogP contribution in [0.2, 0.25) is 5.02 Å². The Morgan fingerprint density at radius 1 is 1.40 bits per heavy atom. The maximum absolute atomic E-state index is 13.1. The van der Waals surface area contributed by atoms with Gasteiger partial charge < -0.3 is 15.0 Å². The molecule has 138 valence electrons. The summed E-state index contributed by atoms with van der Waals surface area (Å²) in [5.41, 5.74) is 0.0156. The zero-order valence-electron chi connectivity index (χ0n) is 13.4. The zero-order chi connectivity index (χ0) is 18.0. The maximum Gasteiger partial charge on any atom is 0.407 e. The monoisotopic (exact) mass is 376 g/mol. The summed E-state index contributed by atoms with van der Waals surface area (Å²) >= 11 is 5.97. The van der Waals surface area contributed by atoms with Gasteiger partial charge in [0.2, 0.25) is 5.92 Å². The van der Waals surface area contributed by atoms with E-state index in [1.165, 1.54) is 6.20 Å². The van der Waals surface area contributed by atoms with Gasteiger partial charge >= 0.3 is 6.09 Å². The summed E-state index contributed by atoms with van der Waals surface area (Å²) < 4.78 is 31.6. The van der Waals surface area contributed by atoms with Gasteiger partial charge in [-0.2, -0.15) is 5.10 Å². The Morgan fingerprint density at radius 3 is 2.84 bits per heavy atom. The molecular weight excluding hydrogens is 358 g/mol. The molecule has 2 aliphatic rings. The van der Waals surface area contributed by atoms with Crippen molar-refractivity contribution in [3.8, 4) is 0 Å². The van der Waals surface area contributed by atoms with Crippen LogP contribution in [-0.2, 0) is 4.74 Å². The van der Waals surface area contributed by atoms with E-state index in [1.54, 1.807) is 0 Å². The molecular formula is C15H19ClF2N4O3. The highest BCUT2D eigenvalue weighted by atomic mass is 35.5. The average molecular weight is 377 g/mol. The van der Waals surface area contributed by atoms with Gasteiger partial charge in [0, 0.05) is 31.8 Å². The first-order valence-corrected chi connectivity index (χ1v) is 8.55. The van der Waals surface area contributed by atoms with Crippen molar-refractivity contribution in [2.75, 3.05) is 18.0 Å². The van der Waals surface area contributed by atoms with E-state index in [0.29, 0.717) is 25.2 Å². The molecule has 2 fully saturated rings. The van der Waals surface area contributed by atoms with Gasteiger partial charge in [0.1, 0.15) is 11.1 Å². The molecule has 1 atom stereocenters. The lowest BCUT2D eigenvalue weighted by molar-refractivity contribution is -0.0406. The number of H-pyrrole nitrogens is 1. The third-order valence-electron chi connectivity index (χ3n) is 4.58. The maximum atomic E-state index is 13.1. The molecule has 10 heteroatoms. The number of halogens is 3. The van der Waals surface area contributed by atoms with Gasteiger partial charge in [0.25, 0.3) is 5.56 Å². The number of rotatable bonds is 3. The van der Waals surface area contributed by atoms with Crippen molar-refractivity contribution in [1.82, 2.24) is 15.5 Å². The lowest BCUT2D eigenvalue weighted by Gasteiger charge is -2.28. The van der Waals surface area contributed by atoms with E-state index in [2.05, 4.69) is 15.5 Å². The summed E-state index contributed by atoms with van der Waals surface area (Å²) in [6.45, 7) is 0.958. The first kappa shape index (κ1) is 17.9. The average Bonchev–Trinajstić information content (AvgIpc) is 3.00. The first-order valence-electron chi connectivity index (χ1n) is 8.17. The minimum atomic E-state index is -2.63. The van der Waals surface area contributed by atoms with Crippen LogP contribution in [0.15, 0.2) is 11.0 Å². The molecule has 0 radical (unpaired) electrons. The summed E-state index contributed by atoms with van der Waals surface area (Å²) in [5.74, 6) is -2.63. The molecule has 0 bridgehead atoms. The summed E-state index contributed by atoms with van der Waals surface area (Å²) in [7, 11) is 0. The largest absolute Gasteiger partial charge is 0.444 e. The van der Waals surface area contributed by atoms with Crippen molar-refractivity contribution in [3.63, 3.8) is 0 Å². The molecule has 1 aliphatic carbocycles. The standard InChI is InChI=1S/C15H19ClF2N4O3/c16-12-11(7-19-21-13(12)23)22-6-3-10(8-22)25-14(24)20-9-1-4-15(17,18)5-2-9/h7,9-10H,1-6,8H2,(H,20,24)(H,21,23)/t10-/m1/s1. The van der Waals surface area contributed by atoms with Crippen molar-refractivity contribution >= 4 is 23.4 Å². The number of nitrogens with zero attached hydrogens (tertiary/aromatic N) is 2. The molecule has 0 spiro atoms. The van der Waals surface area contributed by atoms with E-state index in [0.717, 1.165) is 0 Å². The SMILES string of the molecule is O=C(NC1CCC(F)(F)CC1)O[C@@H]1CCN(c2cn[nH]c(=O)c2Cl)C1. The molecule has 25 heavy (non-hydrogen) atoms. The number of alkyl carbamates (subject to hydrolysis) is 1. The van der Waals surface area contributed by atoms with Gasteiger partial charge in [-0.3, -0.25) is 4.79 Å². The number of amides is 1. The normalized spacial score (nSPS) is 23.5. The second-order valence-electron chi connectivity index (χ2n) is 6.43. The quantitative estimate of drug-likeness (QED) is 0.845. The van der Waals surface area contributed by atoms with E-state index >= 15 is 0 Å². The van der Waals surface area contributed by atoms with Gasteiger partial charge in [0.15, 0.2) is 0 Å². The topological polar surface area (TPSA) is 87.3 Å². The van der Waals surface area contributed by atoms with Crippen molar-refractivity contribution in [3.05, 3.63) is 21.6 Å². The van der Waals surface area contributed by atoms with E-state index in [-0.39, 0.29) is 42.9 Å². The molecule has 1 saturated carbocycles. The van der Waals surface area contributed by atoms with Gasteiger partial charge in [0.05, 0.1) is 18.4 Å². The number of ether oxygens (including phenoxy) is 1. The van der Waals surface area contributed by atoms with Crippen LogP contribution in [0.25, 0.3) is 0 Å². The fourth-order valence-electron chi connectivity index (χ4n) is 3.17. The number of carbonyl (C=O) groups excluding carboxylic acids is 1. The lowest BCUT2D eigenvalue weighted by Crippen LogP contribution is -2.42. The van der Waals surface area contributed by atoms with E-state index in [4.69, 9.17) is 16.3 Å². The Kier molecular flexibility index (Phi) is 5.12. The van der Waals surface area contributed by atoms with Crippen molar-refractivity contribution in [1.29, 1.82) is 0 Å². The Hall–Kier alpha value is -1.90. The number of carbonyl (C=O) groups is 1. The number of aromatic nitrogens is 2. The number of hydrogen-bond donors (Lipinski definition) is 2. The summed E-state index contributed by atoms with van der Waals surface area (Å²) in [6, 6.07) is -0.282. The number of aromatic amines is 1. The van der Waals surface area contributed by atoms with Crippen LogP contribution in [-0.4, -0.2) is 47.4 Å². The molecule has 7 nitrogen and oxygen atoms in total. The Morgan fingerprint density at radius 2 is 2.12 bits per heavy atom. The summed E-state index contributed by atoms with van der Waals surface area (Å²) in [6.07, 6.45) is 1.12. The highest BCUT2D eigenvalue weighted by Crippen LogP contribution is 2.33. The number of alkyl halides is 2. The van der Waals surface area contributed by atoms with Crippen molar-refractivity contribution < 1.29 is 18.3 Å². The van der Waals surface area contributed by atoms with Crippen LogP contribution in [0.3, 0.4) is 0 Å². The van der Waals surface area contributed by atoms with Crippen LogP contribution in [0, 0.1) is 0 Å². The van der Waals surface area contributed by atoms with Gasteiger partial charge in [-0.15, -0.1) is 0 Å². The van der Waals surface area contributed by atoms with Crippen LogP contribution < -0.4 is 15.8 Å². The molecule has 0 aromatic carbocycles. The van der Waals surface area contributed by atoms with E-state index in [9.17, 15) is 18.4 Å². The number of nitrogens with one attached hydrogen (secondary N) is 2. The predicted octanol–water partition coefficient (Wildman–Crippen LogP) is 2.31. The molecule has 3 rings (SSSR count). The smallest absolute Gasteiger partial charge is 0.407 e. The van der Waals surface area contributed by atoms with Crippen LogP contribution in [0.5, 0.6) is 0 Å². The summed E-state index contributed by atoms with van der Waals surface area (Å²) in [4.78, 5) is 25.3. The molecule has 1 amide bonds. The lowest BCUT2D eigenvalue weighted by atomic mass is 9.92. The van der Waals surface area contributed by atoms with Gasteiger partial charge in [-0.1, -0.05) is 11.6 Å². The van der Waals surface area contributed by atoms with Gasteiger partial charge in [-0.05, 0) is 12.8 Å². The second kappa shape index (κ2) is 7.15. The van der Waals surface area contributed by atoms with Crippen molar-refractivity contribution in [2.24, 2.45) is 0 Å². The fourth-order valence-corrected chi connectivity index (χ4v) is 3.38. The van der Waals surface area contributed by atoms with E-state index < -0.39 is 17.6 Å². The number of anilines is 1. The highest BCUT2D eigenvalue weighted by molar-refractivity contribution is 6.33. The highest BCUT2D eigenvalue weighted by Gasteiger charge is 2.36. The van der Waals surface area contributed by atoms with Crippen molar-refractivity contribution in [2.45, 2.75) is 50.2 Å². The minimum Gasteiger partial charge on any atom is -0.444 e. The molecule has 1 aliphatic heterocycles. The molecule has 1 aromatic heterocycles. The molecule has 1 aromatic rings. The number of hydrogen-bond acceptors (Lipinski definition) is 5. The van der Waals surface area contributed by atoms with Crippen LogP contribution >= 0.6 is 11.6 Å². The van der Waals surface area contributed by atoms with E-state index in [1.807, 2.05) is 4.90 Å². The fraction of sp³-hybridized carbons (Fsp3) is 0.667. The van der Waals surface area contributed by atoms with Gasteiger partial charge in [-0.25, -0.2) is 18.7 Å². The third-order valence-corrected chi connectivity index (χ3v) is 4.94. The van der Waals surface area contributed by atoms with Crippen LogP contribution in [0.4, 0.5) is 19.3 Å². The Balaban J connectivity index is 1.49. The Bertz CT molecular complexity index is 690. The van der Waals surface area contributed by atoms with Crippen LogP contribution in [0.1, 0.15) is 32.1 Å². The molecule has 1 saturated heterocycles. The minimum absolute atomic E-state index is 0.0447. The predicted molar refractivity (Wildman–Crippen MR) is 87.3 cm³/mol. The molecule has 2 heterocycles. The molecule has 0 unspecified atom stereocenters. The first-order chi connectivity index (χ1) is 11.8. The zero-order valence-corrected chi connectivity index (χ0v) is 14.2. The summed E-state index contributed by atoms with van der Waals surface area (Å²) in [5, 5.41) is 8.66. The Labute approximate surface area is 147 Å². The second-order valence-corrected chi connectivity index (χ2v) is 6.81.